The van der Waals surface area contributed by atoms with Crippen LogP contribution >= 0.6 is 0 Å². The van der Waals surface area contributed by atoms with Crippen molar-refractivity contribution in [3.63, 3.8) is 0 Å². The lowest BCUT2D eigenvalue weighted by atomic mass is 10.1. The van der Waals surface area contributed by atoms with E-state index in [0.29, 0.717) is 0 Å². The predicted octanol–water partition coefficient (Wildman–Crippen LogP) is 7.21. The minimum Gasteiger partial charge on any atom is -0.317 e. The molecule has 0 aromatic carbocycles. The van der Waals surface area contributed by atoms with Gasteiger partial charge in [-0.15, -0.1) is 0 Å². The maximum absolute atomic E-state index is 3.61. The highest BCUT2D eigenvalue weighted by atomic mass is 14.9. The molecule has 0 heterocycles. The summed E-state index contributed by atoms with van der Waals surface area (Å²) in [7, 11) is 0. The van der Waals surface area contributed by atoms with Gasteiger partial charge in [-0.05, 0) is 71.4 Å². The maximum Gasteiger partial charge on any atom is -0.00368 e. The monoisotopic (exact) mass is 425 g/mol. The van der Waals surface area contributed by atoms with Crippen LogP contribution in [0.4, 0.5) is 0 Å². The van der Waals surface area contributed by atoms with Gasteiger partial charge < -0.3 is 16.0 Å². The summed E-state index contributed by atoms with van der Waals surface area (Å²) in [6.45, 7) is 11.7. The SMILES string of the molecule is CCCCCCCCCCNCCCCNCCCNCCCCCCCCCC. The van der Waals surface area contributed by atoms with Gasteiger partial charge in [-0.2, -0.15) is 0 Å². The highest BCUT2D eigenvalue weighted by Gasteiger charge is 1.94. The van der Waals surface area contributed by atoms with Crippen molar-refractivity contribution in [2.24, 2.45) is 0 Å². The van der Waals surface area contributed by atoms with E-state index in [1.807, 2.05) is 0 Å². The van der Waals surface area contributed by atoms with Crippen molar-refractivity contribution in [2.45, 2.75) is 136 Å². The van der Waals surface area contributed by atoms with Gasteiger partial charge in [0.2, 0.25) is 0 Å². The summed E-state index contributed by atoms with van der Waals surface area (Å²) >= 11 is 0. The van der Waals surface area contributed by atoms with Gasteiger partial charge in [0.15, 0.2) is 0 Å². The van der Waals surface area contributed by atoms with E-state index < -0.39 is 0 Å². The normalized spacial score (nSPS) is 11.4. The van der Waals surface area contributed by atoms with Crippen molar-refractivity contribution in [2.75, 3.05) is 39.3 Å². The van der Waals surface area contributed by atoms with E-state index in [9.17, 15) is 0 Å². The van der Waals surface area contributed by atoms with Gasteiger partial charge in [-0.25, -0.2) is 0 Å². The molecule has 3 nitrogen and oxygen atoms in total. The summed E-state index contributed by atoms with van der Waals surface area (Å²) in [6, 6.07) is 0. The summed E-state index contributed by atoms with van der Waals surface area (Å²) in [6.07, 6.45) is 26.5. The Morgan fingerprint density at radius 2 is 0.500 bits per heavy atom. The van der Waals surface area contributed by atoms with E-state index in [-0.39, 0.29) is 0 Å². The molecule has 0 spiro atoms. The van der Waals surface area contributed by atoms with Crippen molar-refractivity contribution < 1.29 is 0 Å². The average Bonchev–Trinajstić information content (AvgIpc) is 2.76. The van der Waals surface area contributed by atoms with Gasteiger partial charge in [-0.3, -0.25) is 0 Å². The Labute approximate surface area is 191 Å². The molecule has 30 heavy (non-hydrogen) atoms. The van der Waals surface area contributed by atoms with Gasteiger partial charge in [0.1, 0.15) is 0 Å². The molecule has 0 bridgehead atoms. The van der Waals surface area contributed by atoms with E-state index in [2.05, 4.69) is 29.8 Å². The largest absolute Gasteiger partial charge is 0.317 e. The topological polar surface area (TPSA) is 36.1 Å². The van der Waals surface area contributed by atoms with Crippen molar-refractivity contribution in [1.29, 1.82) is 0 Å². The molecule has 0 aliphatic heterocycles. The first kappa shape index (κ1) is 29.9. The Morgan fingerprint density at radius 1 is 0.267 bits per heavy atom. The Hall–Kier alpha value is -0.120. The lowest BCUT2D eigenvalue weighted by Crippen LogP contribution is -2.24. The van der Waals surface area contributed by atoms with E-state index >= 15 is 0 Å². The zero-order valence-corrected chi connectivity index (χ0v) is 21.2. The Morgan fingerprint density at radius 3 is 0.833 bits per heavy atom. The molecule has 0 saturated heterocycles. The Bertz CT molecular complexity index is 255. The van der Waals surface area contributed by atoms with Crippen LogP contribution in [0.1, 0.15) is 136 Å². The number of unbranched alkanes of at least 4 members (excludes halogenated alkanes) is 15. The highest BCUT2D eigenvalue weighted by Crippen LogP contribution is 2.08. The van der Waals surface area contributed by atoms with Crippen LogP contribution in [0.2, 0.25) is 0 Å². The smallest absolute Gasteiger partial charge is 0.00368 e. The van der Waals surface area contributed by atoms with Crippen molar-refractivity contribution in [1.82, 2.24) is 16.0 Å². The lowest BCUT2D eigenvalue weighted by Gasteiger charge is -2.07. The molecule has 3 N–H and O–H groups in total. The minimum absolute atomic E-state index is 1.16. The molecule has 0 amide bonds. The first-order valence-corrected chi connectivity index (χ1v) is 14.0. The van der Waals surface area contributed by atoms with Crippen LogP contribution in [0, 0.1) is 0 Å². The zero-order chi connectivity index (χ0) is 21.8. The lowest BCUT2D eigenvalue weighted by molar-refractivity contribution is 0.529. The average molecular weight is 426 g/mol. The van der Waals surface area contributed by atoms with Crippen molar-refractivity contribution in [3.8, 4) is 0 Å². The zero-order valence-electron chi connectivity index (χ0n) is 21.2. The second-order valence-corrected chi connectivity index (χ2v) is 9.26. The van der Waals surface area contributed by atoms with Crippen LogP contribution in [0.5, 0.6) is 0 Å². The number of nitrogens with one attached hydrogen (secondary N) is 3. The van der Waals surface area contributed by atoms with Crippen LogP contribution in [0.3, 0.4) is 0 Å². The maximum atomic E-state index is 3.61. The molecule has 0 radical (unpaired) electrons. The fraction of sp³-hybridized carbons (Fsp3) is 1.00. The van der Waals surface area contributed by atoms with Gasteiger partial charge in [0, 0.05) is 0 Å². The van der Waals surface area contributed by atoms with Crippen LogP contribution in [0.15, 0.2) is 0 Å². The van der Waals surface area contributed by atoms with Crippen LogP contribution in [0.25, 0.3) is 0 Å². The third kappa shape index (κ3) is 27.9. The van der Waals surface area contributed by atoms with E-state index in [1.54, 1.807) is 0 Å². The van der Waals surface area contributed by atoms with Gasteiger partial charge in [-0.1, -0.05) is 104 Å². The van der Waals surface area contributed by atoms with Gasteiger partial charge >= 0.3 is 0 Å². The van der Waals surface area contributed by atoms with Crippen molar-refractivity contribution in [3.05, 3.63) is 0 Å². The summed E-state index contributed by atoms with van der Waals surface area (Å²) in [4.78, 5) is 0. The summed E-state index contributed by atoms with van der Waals surface area (Å²) in [5, 5.41) is 10.8. The molecule has 0 saturated carbocycles. The molecule has 0 rings (SSSR count). The fourth-order valence-electron chi connectivity index (χ4n) is 3.98. The van der Waals surface area contributed by atoms with Crippen molar-refractivity contribution >= 4 is 0 Å². The van der Waals surface area contributed by atoms with E-state index in [4.69, 9.17) is 0 Å². The van der Waals surface area contributed by atoms with Gasteiger partial charge in [0.25, 0.3) is 0 Å². The molecule has 0 aliphatic carbocycles. The summed E-state index contributed by atoms with van der Waals surface area (Å²) in [5.74, 6) is 0. The van der Waals surface area contributed by atoms with Gasteiger partial charge in [0.05, 0.1) is 0 Å². The Kier molecular flexibility index (Phi) is 28.8. The molecule has 0 aromatic heterocycles. The minimum atomic E-state index is 1.16. The quantitative estimate of drug-likeness (QED) is 0.122. The number of hydrogen-bond donors (Lipinski definition) is 3. The first-order chi connectivity index (χ1) is 14.9. The summed E-state index contributed by atoms with van der Waals surface area (Å²) in [5.41, 5.74) is 0. The number of hydrogen-bond acceptors (Lipinski definition) is 3. The molecule has 0 unspecified atom stereocenters. The summed E-state index contributed by atoms with van der Waals surface area (Å²) < 4.78 is 0. The standard InChI is InChI=1S/C27H59N3/c1-3-5-7-9-11-13-15-17-22-28-24-19-20-25-30-27-21-26-29-23-18-16-14-12-10-8-6-4-2/h28-30H,3-27H2,1-2H3. The molecule has 3 heteroatoms. The third-order valence-electron chi connectivity index (χ3n) is 6.08. The van der Waals surface area contributed by atoms with E-state index in [0.717, 1.165) is 6.54 Å². The fourth-order valence-corrected chi connectivity index (χ4v) is 3.98. The van der Waals surface area contributed by atoms with E-state index in [1.165, 1.54) is 155 Å². The molecule has 182 valence electrons. The molecule has 0 aromatic rings. The third-order valence-corrected chi connectivity index (χ3v) is 6.08. The number of rotatable bonds is 27. The molecule has 0 fully saturated rings. The molecule has 0 aliphatic rings. The molecular weight excluding hydrogens is 366 g/mol. The predicted molar refractivity (Wildman–Crippen MR) is 138 cm³/mol. The second-order valence-electron chi connectivity index (χ2n) is 9.26. The van der Waals surface area contributed by atoms with Crippen LogP contribution in [-0.2, 0) is 0 Å². The van der Waals surface area contributed by atoms with Crippen LogP contribution < -0.4 is 16.0 Å². The second kappa shape index (κ2) is 28.9. The van der Waals surface area contributed by atoms with Crippen LogP contribution in [-0.4, -0.2) is 39.3 Å². The first-order valence-electron chi connectivity index (χ1n) is 14.0. The molecular formula is C27H59N3. The highest BCUT2D eigenvalue weighted by molar-refractivity contribution is 4.55. The molecule has 0 atom stereocenters. The Balaban J connectivity index is 2.97.